The number of rotatable bonds is 6. The summed E-state index contributed by atoms with van der Waals surface area (Å²) in [4.78, 5) is 27.6. The first kappa shape index (κ1) is 19.4. The Morgan fingerprint density at radius 3 is 2.52 bits per heavy atom. The lowest BCUT2D eigenvalue weighted by molar-refractivity contribution is -0.116. The molecule has 4 nitrogen and oxygen atoms in total. The fourth-order valence-electron chi connectivity index (χ4n) is 2.89. The van der Waals surface area contributed by atoms with Crippen LogP contribution < -0.4 is 5.32 Å². The second-order valence-corrected chi connectivity index (χ2v) is 7.76. The van der Waals surface area contributed by atoms with Crippen LogP contribution in [0, 0.1) is 6.92 Å². The van der Waals surface area contributed by atoms with E-state index in [1.165, 1.54) is 11.3 Å². The van der Waals surface area contributed by atoms with Crippen LogP contribution in [0.4, 0.5) is 5.69 Å². The predicted molar refractivity (Wildman–Crippen MR) is 113 cm³/mol. The van der Waals surface area contributed by atoms with Gasteiger partial charge in [0.15, 0.2) is 0 Å². The molecule has 2 amide bonds. The second-order valence-electron chi connectivity index (χ2n) is 6.33. The van der Waals surface area contributed by atoms with Gasteiger partial charge in [0.1, 0.15) is 11.4 Å². The number of aryl methyl sites for hydroxylation is 1. The van der Waals surface area contributed by atoms with Crippen LogP contribution >= 0.6 is 22.9 Å². The number of nitrogens with zero attached hydrogens (tertiary/aromatic N) is 1. The zero-order chi connectivity index (χ0) is 19.4. The van der Waals surface area contributed by atoms with E-state index in [2.05, 4.69) is 5.32 Å². The molecule has 27 heavy (non-hydrogen) atoms. The van der Waals surface area contributed by atoms with Crippen molar-refractivity contribution in [1.82, 2.24) is 4.90 Å². The fraction of sp³-hybridized carbons (Fsp3) is 0.238. The number of benzene rings is 2. The molecule has 0 saturated carbocycles. The van der Waals surface area contributed by atoms with Gasteiger partial charge in [0, 0.05) is 22.3 Å². The summed E-state index contributed by atoms with van der Waals surface area (Å²) in [6.45, 7) is 4.39. The van der Waals surface area contributed by atoms with E-state index in [-0.39, 0.29) is 18.4 Å². The van der Waals surface area contributed by atoms with E-state index in [0.717, 1.165) is 27.8 Å². The summed E-state index contributed by atoms with van der Waals surface area (Å²) in [5.74, 6) is -0.425. The number of fused-ring (bicyclic) bond motifs is 1. The third kappa shape index (κ3) is 4.31. The van der Waals surface area contributed by atoms with Gasteiger partial charge in [0.05, 0.1) is 5.02 Å². The van der Waals surface area contributed by atoms with E-state index in [1.807, 2.05) is 62.4 Å². The number of hydrogen-bond acceptors (Lipinski definition) is 3. The van der Waals surface area contributed by atoms with Gasteiger partial charge in [-0.25, -0.2) is 0 Å². The van der Waals surface area contributed by atoms with Crippen LogP contribution in [0.3, 0.4) is 0 Å². The molecule has 3 rings (SSSR count). The van der Waals surface area contributed by atoms with Crippen molar-refractivity contribution < 1.29 is 9.59 Å². The Kier molecular flexibility index (Phi) is 6.14. The number of amides is 2. The largest absolute Gasteiger partial charge is 0.329 e. The van der Waals surface area contributed by atoms with Gasteiger partial charge in [-0.15, -0.1) is 11.3 Å². The van der Waals surface area contributed by atoms with Crippen molar-refractivity contribution in [1.29, 1.82) is 0 Å². The maximum Gasteiger partial charge on any atom is 0.265 e. The Bertz CT molecular complexity index is 983. The van der Waals surface area contributed by atoms with Crippen LogP contribution in [0.2, 0.25) is 5.02 Å². The first-order valence-corrected chi connectivity index (χ1v) is 10.0. The summed E-state index contributed by atoms with van der Waals surface area (Å²) in [6, 6.07) is 15.2. The quantitative estimate of drug-likeness (QED) is 0.606. The minimum atomic E-state index is -0.219. The average molecular weight is 401 g/mol. The van der Waals surface area contributed by atoms with Gasteiger partial charge < -0.3 is 10.2 Å². The highest BCUT2D eigenvalue weighted by atomic mass is 35.5. The van der Waals surface area contributed by atoms with Gasteiger partial charge in [-0.2, -0.15) is 0 Å². The summed E-state index contributed by atoms with van der Waals surface area (Å²) in [7, 11) is 0. The number of carbonyl (C=O) groups excluding carboxylic acids is 2. The molecule has 2 aromatic carbocycles. The van der Waals surface area contributed by atoms with E-state index in [9.17, 15) is 9.59 Å². The molecule has 3 aromatic rings. The van der Waals surface area contributed by atoms with E-state index in [1.54, 1.807) is 4.90 Å². The molecule has 0 bridgehead atoms. The molecule has 1 N–H and O–H groups in total. The Morgan fingerprint density at radius 2 is 1.81 bits per heavy atom. The number of anilines is 1. The van der Waals surface area contributed by atoms with Gasteiger partial charge in [-0.1, -0.05) is 54.9 Å². The first-order chi connectivity index (χ1) is 13.0. The molecule has 0 aliphatic carbocycles. The number of halogens is 1. The zero-order valence-electron chi connectivity index (χ0n) is 15.3. The molecule has 0 aliphatic heterocycles. The lowest BCUT2D eigenvalue weighted by Gasteiger charge is -2.21. The lowest BCUT2D eigenvalue weighted by atomic mass is 10.2. The van der Waals surface area contributed by atoms with Gasteiger partial charge in [0.25, 0.3) is 5.91 Å². The molecule has 1 heterocycles. The van der Waals surface area contributed by atoms with Crippen molar-refractivity contribution in [3.63, 3.8) is 0 Å². The van der Waals surface area contributed by atoms with Gasteiger partial charge in [0.2, 0.25) is 5.91 Å². The molecule has 0 atom stereocenters. The van der Waals surface area contributed by atoms with Crippen LogP contribution in [0.15, 0.2) is 48.5 Å². The van der Waals surface area contributed by atoms with Crippen molar-refractivity contribution in [3.05, 3.63) is 64.0 Å². The van der Waals surface area contributed by atoms with Crippen LogP contribution in [0.25, 0.3) is 10.1 Å². The Hall–Kier alpha value is -2.37. The number of carbonyl (C=O) groups is 2. The van der Waals surface area contributed by atoms with Crippen molar-refractivity contribution in [2.75, 3.05) is 18.4 Å². The summed E-state index contributed by atoms with van der Waals surface area (Å²) >= 11 is 7.81. The van der Waals surface area contributed by atoms with E-state index >= 15 is 0 Å². The molecule has 0 spiro atoms. The maximum absolute atomic E-state index is 13.1. The zero-order valence-corrected chi connectivity index (χ0v) is 16.9. The fourth-order valence-corrected chi connectivity index (χ4v) is 4.37. The molecule has 0 aliphatic rings. The predicted octanol–water partition coefficient (Wildman–Crippen LogP) is 5.35. The molecule has 0 fully saturated rings. The normalized spacial score (nSPS) is 10.8. The molecule has 140 valence electrons. The summed E-state index contributed by atoms with van der Waals surface area (Å²) < 4.78 is 0.965. The van der Waals surface area contributed by atoms with Crippen molar-refractivity contribution in [2.24, 2.45) is 0 Å². The summed E-state index contributed by atoms with van der Waals surface area (Å²) in [6.07, 6.45) is 0.756. The Morgan fingerprint density at radius 1 is 1.11 bits per heavy atom. The van der Waals surface area contributed by atoms with Gasteiger partial charge >= 0.3 is 0 Å². The average Bonchev–Trinajstić information content (AvgIpc) is 3.00. The molecule has 1 aromatic heterocycles. The maximum atomic E-state index is 13.1. The number of thiophene rings is 1. The van der Waals surface area contributed by atoms with Gasteiger partial charge in [-0.3, -0.25) is 9.59 Å². The monoisotopic (exact) mass is 400 g/mol. The Balaban J connectivity index is 1.79. The number of hydrogen-bond donors (Lipinski definition) is 1. The van der Waals surface area contributed by atoms with E-state index < -0.39 is 0 Å². The highest BCUT2D eigenvalue weighted by molar-refractivity contribution is 7.21. The van der Waals surface area contributed by atoms with Crippen LogP contribution in [-0.2, 0) is 4.79 Å². The molecule has 6 heteroatoms. The minimum Gasteiger partial charge on any atom is -0.329 e. The van der Waals surface area contributed by atoms with Crippen molar-refractivity contribution >= 4 is 50.5 Å². The van der Waals surface area contributed by atoms with Gasteiger partial charge in [-0.05, 0) is 31.0 Å². The SMILES string of the molecule is CCCN(CC(=O)Nc1ccccc1C)C(=O)c1sc2ccccc2c1Cl. The second kappa shape index (κ2) is 8.55. The first-order valence-electron chi connectivity index (χ1n) is 8.83. The number of nitrogens with one attached hydrogen (secondary N) is 1. The third-order valence-corrected chi connectivity index (χ3v) is 5.93. The standard InChI is InChI=1S/C21H21ClN2O2S/c1-3-12-24(13-18(25)23-16-10-6-4-8-14(16)2)21(26)20-19(22)15-9-5-7-11-17(15)27-20/h4-11H,3,12-13H2,1-2H3,(H,23,25). The van der Waals surface area contributed by atoms with Crippen molar-refractivity contribution in [2.45, 2.75) is 20.3 Å². The molecule has 0 unspecified atom stereocenters. The molecule has 0 radical (unpaired) electrons. The summed E-state index contributed by atoms with van der Waals surface area (Å²) in [5.41, 5.74) is 1.73. The third-order valence-electron chi connectivity index (χ3n) is 4.26. The topological polar surface area (TPSA) is 49.4 Å². The number of para-hydroxylation sites is 1. The highest BCUT2D eigenvalue weighted by Gasteiger charge is 2.24. The summed E-state index contributed by atoms with van der Waals surface area (Å²) in [5, 5.41) is 4.21. The Labute approximate surface area is 167 Å². The molecular formula is C21H21ClN2O2S. The van der Waals surface area contributed by atoms with Crippen LogP contribution in [0.1, 0.15) is 28.6 Å². The van der Waals surface area contributed by atoms with Crippen LogP contribution in [-0.4, -0.2) is 29.8 Å². The minimum absolute atomic E-state index is 0.00835. The molecule has 0 saturated heterocycles. The smallest absolute Gasteiger partial charge is 0.265 e. The van der Waals surface area contributed by atoms with E-state index in [0.29, 0.717) is 16.4 Å². The van der Waals surface area contributed by atoms with Crippen LogP contribution in [0.5, 0.6) is 0 Å². The van der Waals surface area contributed by atoms with Crippen molar-refractivity contribution in [3.8, 4) is 0 Å². The van der Waals surface area contributed by atoms with E-state index in [4.69, 9.17) is 11.6 Å². The highest BCUT2D eigenvalue weighted by Crippen LogP contribution is 2.35. The lowest BCUT2D eigenvalue weighted by Crippen LogP contribution is -2.38. The molecular weight excluding hydrogens is 380 g/mol.